The van der Waals surface area contributed by atoms with E-state index in [-0.39, 0.29) is 35.4 Å². The number of aromatic nitrogens is 3. The Morgan fingerprint density at radius 1 is 1.28 bits per heavy atom. The van der Waals surface area contributed by atoms with Crippen molar-refractivity contribution >= 4 is 35.4 Å². The number of rotatable bonds is 9. The summed E-state index contributed by atoms with van der Waals surface area (Å²) in [6.45, 7) is 5.30. The second kappa shape index (κ2) is 11.2. The van der Waals surface area contributed by atoms with Gasteiger partial charge in [0.25, 0.3) is 0 Å². The van der Waals surface area contributed by atoms with E-state index >= 15 is 0 Å². The number of ether oxygens (including phenoxy) is 1. The van der Waals surface area contributed by atoms with Crippen LogP contribution in [-0.2, 0) is 16.1 Å². The second-order valence-electron chi connectivity index (χ2n) is 8.53. The molecular formula is C24H26FN7O4. The van der Waals surface area contributed by atoms with Crippen molar-refractivity contribution in [3.8, 4) is 0 Å². The molecule has 0 aliphatic rings. The first kappa shape index (κ1) is 26.0. The lowest BCUT2D eigenvalue weighted by Gasteiger charge is -2.25. The van der Waals surface area contributed by atoms with Gasteiger partial charge in [0.1, 0.15) is 34.8 Å². The molecule has 0 radical (unpaired) electrons. The highest BCUT2D eigenvalue weighted by Crippen LogP contribution is 2.24. The largest absolute Gasteiger partial charge is 0.443 e. The van der Waals surface area contributed by atoms with E-state index in [0.717, 1.165) is 4.90 Å². The molecule has 3 aromatic rings. The van der Waals surface area contributed by atoms with E-state index in [2.05, 4.69) is 25.8 Å². The Morgan fingerprint density at radius 2 is 2.03 bits per heavy atom. The van der Waals surface area contributed by atoms with Crippen molar-refractivity contribution in [2.75, 3.05) is 17.3 Å². The molecule has 0 saturated carbocycles. The molecule has 0 atom stereocenters. The van der Waals surface area contributed by atoms with Crippen LogP contribution in [0.25, 0.3) is 5.70 Å². The predicted octanol–water partition coefficient (Wildman–Crippen LogP) is 3.74. The zero-order chi connectivity index (χ0) is 26.3. The lowest BCUT2D eigenvalue weighted by molar-refractivity contribution is -0.105. The van der Waals surface area contributed by atoms with Gasteiger partial charge in [-0.25, -0.2) is 19.2 Å². The monoisotopic (exact) mass is 495 g/mol. The van der Waals surface area contributed by atoms with Crippen LogP contribution in [0.1, 0.15) is 37.9 Å². The van der Waals surface area contributed by atoms with Gasteiger partial charge in [-0.05, 0) is 32.9 Å². The molecular weight excluding hydrogens is 469 g/mol. The average molecular weight is 496 g/mol. The minimum absolute atomic E-state index is 0.00353. The molecule has 0 spiro atoms. The van der Waals surface area contributed by atoms with Gasteiger partial charge < -0.3 is 19.9 Å². The Morgan fingerprint density at radius 3 is 2.67 bits per heavy atom. The van der Waals surface area contributed by atoms with Crippen LogP contribution in [0, 0.1) is 11.2 Å². The van der Waals surface area contributed by atoms with Crippen molar-refractivity contribution in [3.63, 3.8) is 0 Å². The number of amides is 2. The lowest BCUT2D eigenvalue weighted by Crippen LogP contribution is -2.34. The number of nitrogens with zero attached hydrogens (tertiary/aromatic N) is 4. The van der Waals surface area contributed by atoms with Crippen molar-refractivity contribution in [2.24, 2.45) is 0 Å². The fourth-order valence-corrected chi connectivity index (χ4v) is 2.95. The van der Waals surface area contributed by atoms with Crippen LogP contribution < -0.4 is 15.5 Å². The summed E-state index contributed by atoms with van der Waals surface area (Å²) in [5.41, 5.74) is 0.455. The number of benzene rings is 1. The molecule has 1 aromatic carbocycles. The van der Waals surface area contributed by atoms with Crippen LogP contribution in [-0.4, -0.2) is 46.0 Å². The first-order valence-electron chi connectivity index (χ1n) is 10.8. The predicted molar refractivity (Wildman–Crippen MR) is 131 cm³/mol. The van der Waals surface area contributed by atoms with Crippen molar-refractivity contribution in [1.29, 1.82) is 5.41 Å². The topological polar surface area (TPSA) is 146 Å². The summed E-state index contributed by atoms with van der Waals surface area (Å²) in [5, 5.41) is 17.8. The third-order valence-electron chi connectivity index (χ3n) is 4.66. The minimum Gasteiger partial charge on any atom is -0.443 e. The molecule has 188 valence electrons. The maximum Gasteiger partial charge on any atom is 0.414 e. The van der Waals surface area contributed by atoms with E-state index in [4.69, 9.17) is 14.7 Å². The maximum atomic E-state index is 14.0. The van der Waals surface area contributed by atoms with Crippen LogP contribution in [0.15, 0.2) is 53.4 Å². The van der Waals surface area contributed by atoms with Gasteiger partial charge in [-0.2, -0.15) is 0 Å². The lowest BCUT2D eigenvalue weighted by atomic mass is 10.2. The Labute approximate surface area is 206 Å². The molecule has 2 aromatic heterocycles. The zero-order valence-corrected chi connectivity index (χ0v) is 20.2. The molecule has 11 nitrogen and oxygen atoms in total. The van der Waals surface area contributed by atoms with E-state index in [1.807, 2.05) is 0 Å². The van der Waals surface area contributed by atoms with Crippen molar-refractivity contribution < 1.29 is 23.2 Å². The number of allylic oxidation sites excluding steroid dienone is 1. The molecule has 3 rings (SSSR count). The normalized spacial score (nSPS) is 11.5. The number of halogens is 1. The van der Waals surface area contributed by atoms with Crippen LogP contribution >= 0.6 is 0 Å². The Balaban J connectivity index is 1.89. The number of carbonyl (C=O) groups is 2. The summed E-state index contributed by atoms with van der Waals surface area (Å²) in [6.07, 6.45) is 3.78. The summed E-state index contributed by atoms with van der Waals surface area (Å²) < 4.78 is 24.3. The molecule has 0 fully saturated rings. The van der Waals surface area contributed by atoms with E-state index in [1.165, 1.54) is 31.7 Å². The van der Waals surface area contributed by atoms with Crippen LogP contribution in [0.2, 0.25) is 0 Å². The van der Waals surface area contributed by atoms with Crippen LogP contribution in [0.5, 0.6) is 0 Å². The van der Waals surface area contributed by atoms with E-state index in [9.17, 15) is 14.0 Å². The molecule has 3 N–H and O–H groups in total. The Kier molecular flexibility index (Phi) is 8.10. The van der Waals surface area contributed by atoms with E-state index in [1.54, 1.807) is 45.0 Å². The highest BCUT2D eigenvalue weighted by molar-refractivity contribution is 6.08. The molecule has 0 aliphatic heterocycles. The third kappa shape index (κ3) is 6.72. The molecule has 2 amide bonds. The summed E-state index contributed by atoms with van der Waals surface area (Å²) in [7, 11) is 1.45. The van der Waals surface area contributed by atoms with Gasteiger partial charge in [0.15, 0.2) is 11.6 Å². The SMILES string of the molecule is CN(C(=O)OC(C)(C)C)c1cnc(C(=N)/C=C(\NCc2ccccc2F)c2ccon2)nc1NC=O. The van der Waals surface area contributed by atoms with Gasteiger partial charge in [-0.1, -0.05) is 23.4 Å². The van der Waals surface area contributed by atoms with Crippen LogP contribution in [0.4, 0.5) is 20.7 Å². The van der Waals surface area contributed by atoms with E-state index < -0.39 is 11.7 Å². The average Bonchev–Trinajstić information content (AvgIpc) is 3.36. The number of hydrogen-bond acceptors (Lipinski definition) is 9. The zero-order valence-electron chi connectivity index (χ0n) is 20.2. The van der Waals surface area contributed by atoms with Crippen molar-refractivity contribution in [3.05, 3.63) is 71.8 Å². The molecule has 0 bridgehead atoms. The van der Waals surface area contributed by atoms with Gasteiger partial charge >= 0.3 is 6.09 Å². The summed E-state index contributed by atoms with van der Waals surface area (Å²) in [4.78, 5) is 33.2. The highest BCUT2D eigenvalue weighted by atomic mass is 19.1. The van der Waals surface area contributed by atoms with Gasteiger partial charge in [-0.3, -0.25) is 15.1 Å². The molecule has 36 heavy (non-hydrogen) atoms. The van der Waals surface area contributed by atoms with Crippen LogP contribution in [0.3, 0.4) is 0 Å². The van der Waals surface area contributed by atoms with Gasteiger partial charge in [0.2, 0.25) is 6.41 Å². The quantitative estimate of drug-likeness (QED) is 0.301. The molecule has 12 heteroatoms. The standard InChI is InChI=1S/C24H26FN7O4/c1-24(2,3)36-23(34)32(4)20-13-28-21(30-22(20)29-14-33)17(26)11-19(18-9-10-35-31-18)27-12-15-7-5-6-8-16(15)25/h5-11,13-14,26-27H,12H2,1-4H3,(H,28,29,30,33)/b19-11-,26-17?. The number of anilines is 2. The molecule has 2 heterocycles. The maximum absolute atomic E-state index is 14.0. The van der Waals surface area contributed by atoms with Gasteiger partial charge in [0.05, 0.1) is 11.9 Å². The number of nitrogens with one attached hydrogen (secondary N) is 3. The Bertz CT molecular complexity index is 1270. The first-order chi connectivity index (χ1) is 17.1. The third-order valence-corrected chi connectivity index (χ3v) is 4.66. The summed E-state index contributed by atoms with van der Waals surface area (Å²) in [5.74, 6) is -0.421. The smallest absolute Gasteiger partial charge is 0.414 e. The Hall–Kier alpha value is -4.61. The van der Waals surface area contributed by atoms with Gasteiger partial charge in [0, 0.05) is 25.2 Å². The van der Waals surface area contributed by atoms with Gasteiger partial charge in [-0.15, -0.1) is 0 Å². The molecule has 0 saturated heterocycles. The summed E-state index contributed by atoms with van der Waals surface area (Å²) in [6, 6.07) is 7.87. The first-order valence-corrected chi connectivity index (χ1v) is 10.8. The fourth-order valence-electron chi connectivity index (χ4n) is 2.95. The second-order valence-corrected chi connectivity index (χ2v) is 8.53. The van der Waals surface area contributed by atoms with E-state index in [0.29, 0.717) is 23.4 Å². The van der Waals surface area contributed by atoms with Crippen molar-refractivity contribution in [2.45, 2.75) is 32.9 Å². The highest BCUT2D eigenvalue weighted by Gasteiger charge is 2.24. The number of carbonyl (C=O) groups excluding carboxylic acids is 2. The molecule has 0 unspecified atom stereocenters. The number of hydrogen-bond donors (Lipinski definition) is 3. The van der Waals surface area contributed by atoms with Crippen molar-refractivity contribution in [1.82, 2.24) is 20.4 Å². The minimum atomic E-state index is -0.732. The molecule has 0 aliphatic carbocycles. The summed E-state index contributed by atoms with van der Waals surface area (Å²) >= 11 is 0. The fraction of sp³-hybridized carbons (Fsp3) is 0.250.